The Kier molecular flexibility index (Phi) is 6.14. The second-order valence-electron chi connectivity index (χ2n) is 8.08. The standard InChI is InChI=1S/C24H24N4O3S/c1-13-4-6-16(7-5-13)12-32-24-27-21-20(23(31)28-24)18(11-19(29)26-21)22(30)25-17-9-14(2)8-15(3)10-17/h4-10,18H,11-12H2,1-3H3,(H,25,30)(H2,26,27,28,29,31)/t18-/m0/s1. The van der Waals surface area contributed by atoms with E-state index in [1.807, 2.05) is 63.2 Å². The first-order valence-corrected chi connectivity index (χ1v) is 11.3. The van der Waals surface area contributed by atoms with Crippen molar-refractivity contribution in [3.8, 4) is 0 Å². The van der Waals surface area contributed by atoms with Gasteiger partial charge >= 0.3 is 0 Å². The maximum Gasteiger partial charge on any atom is 0.257 e. The highest BCUT2D eigenvalue weighted by Gasteiger charge is 2.34. The molecule has 2 aromatic carbocycles. The molecule has 3 aromatic rings. The third kappa shape index (κ3) is 4.91. The molecule has 4 rings (SSSR count). The molecule has 0 unspecified atom stereocenters. The van der Waals surface area contributed by atoms with Crippen molar-refractivity contribution in [3.63, 3.8) is 0 Å². The molecule has 0 spiro atoms. The summed E-state index contributed by atoms with van der Waals surface area (Å²) in [6.45, 7) is 5.90. The van der Waals surface area contributed by atoms with E-state index < -0.39 is 17.4 Å². The summed E-state index contributed by atoms with van der Waals surface area (Å²) in [4.78, 5) is 45.3. The lowest BCUT2D eigenvalue weighted by molar-refractivity contribution is -0.123. The topological polar surface area (TPSA) is 104 Å². The number of nitrogens with zero attached hydrogens (tertiary/aromatic N) is 1. The van der Waals surface area contributed by atoms with Gasteiger partial charge in [-0.15, -0.1) is 0 Å². The molecule has 2 amide bonds. The van der Waals surface area contributed by atoms with Crippen LogP contribution in [-0.4, -0.2) is 21.8 Å². The SMILES string of the molecule is Cc1ccc(CSc2nc3c(c(=O)[nH]2)[C@@H](C(=O)Nc2cc(C)cc(C)c2)CC(=O)N3)cc1. The summed E-state index contributed by atoms with van der Waals surface area (Å²) >= 11 is 1.36. The van der Waals surface area contributed by atoms with Gasteiger partial charge in [0, 0.05) is 17.9 Å². The minimum Gasteiger partial charge on any atom is -0.326 e. The van der Waals surface area contributed by atoms with E-state index >= 15 is 0 Å². The maximum absolute atomic E-state index is 13.0. The molecule has 7 nitrogen and oxygen atoms in total. The number of hydrogen-bond donors (Lipinski definition) is 3. The first-order valence-electron chi connectivity index (χ1n) is 10.3. The minimum atomic E-state index is -0.910. The molecule has 164 valence electrons. The first-order chi connectivity index (χ1) is 15.3. The van der Waals surface area contributed by atoms with Crippen molar-refractivity contribution in [2.45, 2.75) is 44.0 Å². The molecule has 0 bridgehead atoms. The number of nitrogens with one attached hydrogen (secondary N) is 3. The molecule has 0 radical (unpaired) electrons. The molecule has 1 aliphatic rings. The number of aromatic nitrogens is 2. The molecular weight excluding hydrogens is 424 g/mol. The third-order valence-electron chi connectivity index (χ3n) is 5.23. The van der Waals surface area contributed by atoms with Crippen LogP contribution < -0.4 is 16.2 Å². The van der Waals surface area contributed by atoms with E-state index in [1.165, 1.54) is 17.3 Å². The number of H-pyrrole nitrogens is 1. The zero-order valence-corrected chi connectivity index (χ0v) is 18.9. The molecular formula is C24H24N4O3S. The van der Waals surface area contributed by atoms with Crippen LogP contribution in [-0.2, 0) is 15.3 Å². The predicted octanol–water partition coefficient (Wildman–Crippen LogP) is 4.05. The molecule has 0 aliphatic carbocycles. The fraction of sp³-hybridized carbons (Fsp3) is 0.250. The van der Waals surface area contributed by atoms with Crippen LogP contribution in [0.4, 0.5) is 11.5 Å². The highest BCUT2D eigenvalue weighted by molar-refractivity contribution is 7.98. The minimum absolute atomic E-state index is 0.107. The Morgan fingerprint density at radius 1 is 1.06 bits per heavy atom. The Morgan fingerprint density at radius 2 is 1.75 bits per heavy atom. The average molecular weight is 449 g/mol. The molecule has 0 fully saturated rings. The Bertz CT molecular complexity index is 1230. The fourth-order valence-electron chi connectivity index (χ4n) is 3.76. The van der Waals surface area contributed by atoms with Crippen LogP contribution in [0.15, 0.2) is 52.4 Å². The van der Waals surface area contributed by atoms with Crippen LogP contribution in [0, 0.1) is 20.8 Å². The highest BCUT2D eigenvalue weighted by Crippen LogP contribution is 2.31. The molecule has 2 heterocycles. The number of anilines is 2. The van der Waals surface area contributed by atoms with Gasteiger partial charge in [0.2, 0.25) is 11.8 Å². The molecule has 0 saturated heterocycles. The summed E-state index contributed by atoms with van der Waals surface area (Å²) in [5, 5.41) is 5.89. The van der Waals surface area contributed by atoms with E-state index in [0.717, 1.165) is 16.7 Å². The van der Waals surface area contributed by atoms with Gasteiger partial charge in [-0.2, -0.15) is 0 Å². The smallest absolute Gasteiger partial charge is 0.257 e. The van der Waals surface area contributed by atoms with Gasteiger partial charge in [-0.05, 0) is 49.6 Å². The monoisotopic (exact) mass is 448 g/mol. The zero-order valence-electron chi connectivity index (χ0n) is 18.1. The van der Waals surface area contributed by atoms with E-state index in [-0.39, 0.29) is 23.7 Å². The van der Waals surface area contributed by atoms with E-state index in [1.54, 1.807) is 0 Å². The Morgan fingerprint density at radius 3 is 2.44 bits per heavy atom. The molecule has 1 atom stereocenters. The number of fused-ring (bicyclic) bond motifs is 1. The summed E-state index contributed by atoms with van der Waals surface area (Å²) in [6.07, 6.45) is -0.107. The Hall–Kier alpha value is -3.39. The van der Waals surface area contributed by atoms with Crippen molar-refractivity contribution in [1.29, 1.82) is 0 Å². The number of carbonyl (C=O) groups is 2. The van der Waals surface area contributed by atoms with Gasteiger partial charge in [0.25, 0.3) is 5.56 Å². The van der Waals surface area contributed by atoms with Crippen molar-refractivity contribution in [2.24, 2.45) is 0 Å². The number of amides is 2. The van der Waals surface area contributed by atoms with Crippen LogP contribution >= 0.6 is 11.8 Å². The highest BCUT2D eigenvalue weighted by atomic mass is 32.2. The van der Waals surface area contributed by atoms with E-state index in [9.17, 15) is 14.4 Å². The average Bonchev–Trinajstić information content (AvgIpc) is 2.71. The van der Waals surface area contributed by atoms with Gasteiger partial charge in [0.05, 0.1) is 11.5 Å². The van der Waals surface area contributed by atoms with E-state index in [4.69, 9.17) is 0 Å². The molecule has 1 aliphatic heterocycles. The number of rotatable bonds is 5. The fourth-order valence-corrected chi connectivity index (χ4v) is 4.57. The van der Waals surface area contributed by atoms with Crippen molar-refractivity contribution < 1.29 is 9.59 Å². The number of benzene rings is 2. The van der Waals surface area contributed by atoms with Gasteiger partial charge in [-0.25, -0.2) is 4.98 Å². The Balaban J connectivity index is 1.57. The van der Waals surface area contributed by atoms with Gasteiger partial charge in [-0.1, -0.05) is 47.7 Å². The second-order valence-corrected chi connectivity index (χ2v) is 9.04. The summed E-state index contributed by atoms with van der Waals surface area (Å²) in [6, 6.07) is 13.8. The quantitative estimate of drug-likeness (QED) is 0.403. The molecule has 1 aromatic heterocycles. The molecule has 3 N–H and O–H groups in total. The first kappa shape index (κ1) is 21.8. The van der Waals surface area contributed by atoms with Crippen LogP contribution in [0.3, 0.4) is 0 Å². The normalized spacial score (nSPS) is 15.1. The lowest BCUT2D eigenvalue weighted by Crippen LogP contribution is -2.36. The predicted molar refractivity (Wildman–Crippen MR) is 126 cm³/mol. The number of aromatic amines is 1. The van der Waals surface area contributed by atoms with Gasteiger partial charge in [0.15, 0.2) is 5.16 Å². The number of aryl methyl sites for hydroxylation is 3. The van der Waals surface area contributed by atoms with Gasteiger partial charge in [-0.3, -0.25) is 14.4 Å². The van der Waals surface area contributed by atoms with Crippen molar-refractivity contribution in [2.75, 3.05) is 10.6 Å². The Labute approximate surface area is 190 Å². The molecule has 32 heavy (non-hydrogen) atoms. The summed E-state index contributed by atoms with van der Waals surface area (Å²) in [5.74, 6) is -0.889. The largest absolute Gasteiger partial charge is 0.326 e. The summed E-state index contributed by atoms with van der Waals surface area (Å²) in [5.41, 5.74) is 4.69. The summed E-state index contributed by atoms with van der Waals surface area (Å²) < 4.78 is 0. The van der Waals surface area contributed by atoms with Crippen LogP contribution in [0.2, 0.25) is 0 Å². The van der Waals surface area contributed by atoms with Crippen LogP contribution in [0.5, 0.6) is 0 Å². The molecule has 0 saturated carbocycles. The van der Waals surface area contributed by atoms with Crippen LogP contribution in [0.25, 0.3) is 0 Å². The third-order valence-corrected chi connectivity index (χ3v) is 6.18. The zero-order chi connectivity index (χ0) is 22.8. The van der Waals surface area contributed by atoms with Gasteiger partial charge in [0.1, 0.15) is 5.82 Å². The number of hydrogen-bond acceptors (Lipinski definition) is 5. The van der Waals surface area contributed by atoms with Crippen molar-refractivity contribution in [3.05, 3.63) is 80.6 Å². The van der Waals surface area contributed by atoms with Crippen LogP contribution in [0.1, 0.15) is 40.2 Å². The lowest BCUT2D eigenvalue weighted by Gasteiger charge is -2.23. The lowest BCUT2D eigenvalue weighted by atomic mass is 9.92. The maximum atomic E-state index is 13.0. The van der Waals surface area contributed by atoms with Gasteiger partial charge < -0.3 is 15.6 Å². The number of carbonyl (C=O) groups excluding carboxylic acids is 2. The van der Waals surface area contributed by atoms with Crippen molar-refractivity contribution >= 4 is 35.1 Å². The second kappa shape index (κ2) is 9.00. The number of thioether (sulfide) groups is 1. The molecule has 8 heteroatoms. The van der Waals surface area contributed by atoms with E-state index in [2.05, 4.69) is 20.6 Å². The summed E-state index contributed by atoms with van der Waals surface area (Å²) in [7, 11) is 0. The van der Waals surface area contributed by atoms with E-state index in [0.29, 0.717) is 16.6 Å². The van der Waals surface area contributed by atoms with Crippen molar-refractivity contribution in [1.82, 2.24) is 9.97 Å².